The van der Waals surface area contributed by atoms with Crippen LogP contribution in [0, 0.1) is 5.82 Å². The molecule has 82 valence electrons. The summed E-state index contributed by atoms with van der Waals surface area (Å²) in [5.41, 5.74) is 6.42. The maximum atomic E-state index is 13.4. The Kier molecular flexibility index (Phi) is 2.63. The van der Waals surface area contributed by atoms with Crippen LogP contribution in [-0.4, -0.2) is 22.3 Å². The van der Waals surface area contributed by atoms with Crippen LogP contribution in [0.15, 0.2) is 24.4 Å². The molecule has 2 N–H and O–H groups in total. The van der Waals surface area contributed by atoms with Gasteiger partial charge in [0.15, 0.2) is 11.6 Å². The highest BCUT2D eigenvalue weighted by Gasteiger charge is 2.06. The van der Waals surface area contributed by atoms with Crippen LogP contribution in [0.25, 0.3) is 11.3 Å². The van der Waals surface area contributed by atoms with Crippen molar-refractivity contribution < 1.29 is 9.13 Å². The van der Waals surface area contributed by atoms with Gasteiger partial charge in [0, 0.05) is 5.56 Å². The molecule has 0 aliphatic rings. The van der Waals surface area contributed by atoms with Crippen LogP contribution in [0.1, 0.15) is 0 Å². The molecule has 1 aromatic heterocycles. The summed E-state index contributed by atoms with van der Waals surface area (Å²) in [5.74, 6) is -0.232. The van der Waals surface area contributed by atoms with E-state index in [4.69, 9.17) is 10.5 Å². The van der Waals surface area contributed by atoms with E-state index in [0.717, 1.165) is 0 Å². The van der Waals surface area contributed by atoms with E-state index in [9.17, 15) is 4.39 Å². The summed E-state index contributed by atoms with van der Waals surface area (Å²) in [6.07, 6.45) is 1.41. The fourth-order valence-corrected chi connectivity index (χ4v) is 1.28. The van der Waals surface area contributed by atoms with E-state index in [1.807, 2.05) is 0 Å². The zero-order chi connectivity index (χ0) is 11.5. The Labute approximate surface area is 91.1 Å². The maximum absolute atomic E-state index is 13.4. The van der Waals surface area contributed by atoms with Gasteiger partial charge in [0.2, 0.25) is 5.95 Å². The Balaban J connectivity index is 2.45. The van der Waals surface area contributed by atoms with Crippen LogP contribution < -0.4 is 10.5 Å². The summed E-state index contributed by atoms with van der Waals surface area (Å²) in [7, 11) is 1.41. The third-order valence-electron chi connectivity index (χ3n) is 2.02. The lowest BCUT2D eigenvalue weighted by Gasteiger charge is -2.04. The second-order valence-electron chi connectivity index (χ2n) is 3.05. The van der Waals surface area contributed by atoms with E-state index in [1.165, 1.54) is 25.4 Å². The number of nitrogens with two attached hydrogens (primary N) is 1. The second kappa shape index (κ2) is 4.09. The smallest absolute Gasteiger partial charge is 0.240 e. The Morgan fingerprint density at radius 2 is 2.19 bits per heavy atom. The minimum absolute atomic E-state index is 0.0497. The lowest BCUT2D eigenvalue weighted by molar-refractivity contribution is 0.386. The Bertz CT molecular complexity index is 518. The number of anilines is 1. The lowest BCUT2D eigenvalue weighted by Crippen LogP contribution is -1.98. The summed E-state index contributed by atoms with van der Waals surface area (Å²) >= 11 is 0. The molecule has 6 heteroatoms. The van der Waals surface area contributed by atoms with Crippen LogP contribution in [0.3, 0.4) is 0 Å². The summed E-state index contributed by atoms with van der Waals surface area (Å²) in [6, 6.07) is 4.50. The van der Waals surface area contributed by atoms with Crippen molar-refractivity contribution in [1.29, 1.82) is 0 Å². The predicted molar refractivity (Wildman–Crippen MR) is 56.2 cm³/mol. The molecule has 0 radical (unpaired) electrons. The molecule has 0 atom stereocenters. The molecule has 0 fully saturated rings. The molecule has 1 aromatic carbocycles. The van der Waals surface area contributed by atoms with Gasteiger partial charge in [0.05, 0.1) is 19.0 Å². The van der Waals surface area contributed by atoms with Gasteiger partial charge in [-0.1, -0.05) is 0 Å². The van der Waals surface area contributed by atoms with Gasteiger partial charge < -0.3 is 10.5 Å². The first-order valence-electron chi connectivity index (χ1n) is 4.50. The van der Waals surface area contributed by atoms with E-state index in [2.05, 4.69) is 15.2 Å². The molecule has 2 rings (SSSR count). The minimum Gasteiger partial charge on any atom is -0.494 e. The van der Waals surface area contributed by atoms with Gasteiger partial charge in [-0.25, -0.2) is 9.37 Å². The number of nitrogens with zero attached hydrogens (tertiary/aromatic N) is 3. The van der Waals surface area contributed by atoms with Crippen LogP contribution in [0.5, 0.6) is 5.75 Å². The average Bonchev–Trinajstić information content (AvgIpc) is 2.29. The summed E-state index contributed by atoms with van der Waals surface area (Å²) < 4.78 is 18.2. The molecular formula is C10H9FN4O. The van der Waals surface area contributed by atoms with E-state index < -0.39 is 5.82 Å². The zero-order valence-corrected chi connectivity index (χ0v) is 8.51. The highest BCUT2D eigenvalue weighted by atomic mass is 19.1. The van der Waals surface area contributed by atoms with E-state index in [0.29, 0.717) is 11.3 Å². The van der Waals surface area contributed by atoms with Crippen molar-refractivity contribution in [2.24, 2.45) is 0 Å². The SMILES string of the molecule is COc1ccc(-c2cnnc(N)n2)cc1F. The Hall–Kier alpha value is -2.24. The molecule has 0 unspecified atom stereocenters. The first-order chi connectivity index (χ1) is 7.70. The van der Waals surface area contributed by atoms with Gasteiger partial charge in [-0.3, -0.25) is 0 Å². The van der Waals surface area contributed by atoms with Crippen LogP contribution in [0.4, 0.5) is 10.3 Å². The second-order valence-corrected chi connectivity index (χ2v) is 3.05. The number of rotatable bonds is 2. The number of halogens is 1. The summed E-state index contributed by atoms with van der Waals surface area (Å²) in [4.78, 5) is 3.94. The standard InChI is InChI=1S/C10H9FN4O/c1-16-9-3-2-6(4-7(9)11)8-5-13-15-10(12)14-8/h2-5H,1H3,(H2,12,14,15). The van der Waals surface area contributed by atoms with E-state index in [1.54, 1.807) is 6.07 Å². The molecule has 16 heavy (non-hydrogen) atoms. The molecule has 0 aliphatic carbocycles. The first-order valence-corrected chi connectivity index (χ1v) is 4.50. The average molecular weight is 220 g/mol. The fourth-order valence-electron chi connectivity index (χ4n) is 1.28. The number of methoxy groups -OCH3 is 1. The molecule has 1 heterocycles. The van der Waals surface area contributed by atoms with Crippen molar-refractivity contribution in [3.05, 3.63) is 30.2 Å². The summed E-state index contributed by atoms with van der Waals surface area (Å²) in [6.45, 7) is 0. The highest BCUT2D eigenvalue weighted by Crippen LogP contribution is 2.23. The first kappa shape index (κ1) is 10.3. The Morgan fingerprint density at radius 3 is 2.81 bits per heavy atom. The van der Waals surface area contributed by atoms with E-state index in [-0.39, 0.29) is 11.7 Å². The third kappa shape index (κ3) is 1.90. The topological polar surface area (TPSA) is 73.9 Å². The third-order valence-corrected chi connectivity index (χ3v) is 2.02. The van der Waals surface area contributed by atoms with Gasteiger partial charge in [0.1, 0.15) is 0 Å². The van der Waals surface area contributed by atoms with Gasteiger partial charge in [-0.15, -0.1) is 5.10 Å². The van der Waals surface area contributed by atoms with Crippen LogP contribution in [-0.2, 0) is 0 Å². The molecule has 0 spiro atoms. The van der Waals surface area contributed by atoms with Crippen molar-refractivity contribution >= 4 is 5.95 Å². The van der Waals surface area contributed by atoms with Gasteiger partial charge in [0.25, 0.3) is 0 Å². The minimum atomic E-state index is -0.461. The van der Waals surface area contributed by atoms with Crippen molar-refractivity contribution in [3.63, 3.8) is 0 Å². The van der Waals surface area contributed by atoms with E-state index >= 15 is 0 Å². The maximum Gasteiger partial charge on any atom is 0.240 e. The molecule has 0 amide bonds. The molecule has 0 saturated heterocycles. The number of nitrogen functional groups attached to an aromatic ring is 1. The van der Waals surface area contributed by atoms with Gasteiger partial charge in [-0.2, -0.15) is 5.10 Å². The number of ether oxygens (including phenoxy) is 1. The van der Waals surface area contributed by atoms with Crippen LogP contribution >= 0.6 is 0 Å². The molecule has 0 aliphatic heterocycles. The largest absolute Gasteiger partial charge is 0.494 e. The molecule has 0 saturated carbocycles. The van der Waals surface area contributed by atoms with Crippen molar-refractivity contribution in [2.75, 3.05) is 12.8 Å². The monoisotopic (exact) mass is 220 g/mol. The van der Waals surface area contributed by atoms with Crippen molar-refractivity contribution in [2.45, 2.75) is 0 Å². The quantitative estimate of drug-likeness (QED) is 0.824. The van der Waals surface area contributed by atoms with Gasteiger partial charge in [-0.05, 0) is 18.2 Å². The molecule has 5 nitrogen and oxygen atoms in total. The predicted octanol–water partition coefficient (Wildman–Crippen LogP) is 1.27. The molecular weight excluding hydrogens is 211 g/mol. The molecule has 0 bridgehead atoms. The fraction of sp³-hybridized carbons (Fsp3) is 0.100. The number of hydrogen-bond donors (Lipinski definition) is 1. The van der Waals surface area contributed by atoms with Crippen LogP contribution in [0.2, 0.25) is 0 Å². The van der Waals surface area contributed by atoms with Crippen molar-refractivity contribution in [1.82, 2.24) is 15.2 Å². The number of hydrogen-bond acceptors (Lipinski definition) is 5. The zero-order valence-electron chi connectivity index (χ0n) is 8.51. The lowest BCUT2D eigenvalue weighted by atomic mass is 10.1. The summed E-state index contributed by atoms with van der Waals surface area (Å²) in [5, 5.41) is 7.16. The highest BCUT2D eigenvalue weighted by molar-refractivity contribution is 5.60. The Morgan fingerprint density at radius 1 is 1.38 bits per heavy atom. The molecule has 2 aromatic rings. The van der Waals surface area contributed by atoms with Gasteiger partial charge >= 0.3 is 0 Å². The normalized spacial score (nSPS) is 10.1. The van der Waals surface area contributed by atoms with Crippen molar-refractivity contribution in [3.8, 4) is 17.0 Å². The number of benzene rings is 1. The number of aromatic nitrogens is 3.